The molecule has 0 radical (unpaired) electrons. The molecule has 1 heterocycles. The Hall–Kier alpha value is -1.36. The van der Waals surface area contributed by atoms with Crippen molar-refractivity contribution in [2.24, 2.45) is 5.92 Å². The summed E-state index contributed by atoms with van der Waals surface area (Å²) in [5.41, 5.74) is 0.878. The van der Waals surface area contributed by atoms with Crippen LogP contribution in [0.15, 0.2) is 6.07 Å². The van der Waals surface area contributed by atoms with E-state index in [0.29, 0.717) is 17.7 Å². The monoisotopic (exact) mass is 223 g/mol. The van der Waals surface area contributed by atoms with Crippen LogP contribution in [0.25, 0.3) is 0 Å². The molecule has 0 unspecified atom stereocenters. The highest BCUT2D eigenvalue weighted by Gasteiger charge is 2.26. The van der Waals surface area contributed by atoms with Crippen LogP contribution >= 0.6 is 0 Å². The van der Waals surface area contributed by atoms with Crippen molar-refractivity contribution in [2.45, 2.75) is 25.9 Å². The largest absolute Gasteiger partial charge is 0.481 e. The summed E-state index contributed by atoms with van der Waals surface area (Å²) in [5.74, 6) is 1.70. The van der Waals surface area contributed by atoms with E-state index in [9.17, 15) is 0 Å². The summed E-state index contributed by atoms with van der Waals surface area (Å²) in [6.45, 7) is 2.71. The number of nitrogens with one attached hydrogen (secondary N) is 1. The van der Waals surface area contributed by atoms with Gasteiger partial charge in [0.25, 0.3) is 0 Å². The Labute approximate surface area is 94.9 Å². The summed E-state index contributed by atoms with van der Waals surface area (Å²) in [6, 6.07) is 1.79. The number of aromatic nitrogens is 2. The first-order valence-corrected chi connectivity index (χ1v) is 5.49. The van der Waals surface area contributed by atoms with Gasteiger partial charge in [0.05, 0.1) is 13.2 Å². The molecule has 0 bridgehead atoms. The average Bonchev–Trinajstić information content (AvgIpc) is 2.22. The molecule has 1 aliphatic carbocycles. The lowest BCUT2D eigenvalue weighted by molar-refractivity contribution is 0.0486. The molecule has 0 saturated heterocycles. The highest BCUT2D eigenvalue weighted by molar-refractivity contribution is 5.30. The van der Waals surface area contributed by atoms with Gasteiger partial charge in [-0.25, -0.2) is 4.98 Å². The molecule has 5 nitrogen and oxygen atoms in total. The highest BCUT2D eigenvalue weighted by atomic mass is 16.5. The molecule has 0 atom stereocenters. The van der Waals surface area contributed by atoms with Crippen LogP contribution in [0.5, 0.6) is 5.88 Å². The van der Waals surface area contributed by atoms with Gasteiger partial charge in [-0.3, -0.25) is 0 Å². The van der Waals surface area contributed by atoms with Gasteiger partial charge < -0.3 is 15.2 Å². The zero-order chi connectivity index (χ0) is 11.5. The third-order valence-electron chi connectivity index (χ3n) is 2.80. The van der Waals surface area contributed by atoms with E-state index in [1.807, 2.05) is 6.92 Å². The maximum atomic E-state index is 9.16. The predicted molar refractivity (Wildman–Crippen MR) is 60.5 cm³/mol. The molecule has 2 rings (SSSR count). The first kappa shape index (κ1) is 11.1. The molecule has 0 amide bonds. The van der Waals surface area contributed by atoms with Gasteiger partial charge in [-0.1, -0.05) is 0 Å². The fourth-order valence-electron chi connectivity index (χ4n) is 1.83. The molecule has 1 fully saturated rings. The van der Waals surface area contributed by atoms with Gasteiger partial charge in [-0.2, -0.15) is 4.98 Å². The molecule has 0 aromatic carbocycles. The van der Waals surface area contributed by atoms with Crippen LogP contribution in [0.3, 0.4) is 0 Å². The van der Waals surface area contributed by atoms with Gasteiger partial charge in [0.1, 0.15) is 0 Å². The number of aliphatic hydroxyl groups excluding tert-OH is 1. The van der Waals surface area contributed by atoms with Crippen molar-refractivity contribution in [3.05, 3.63) is 11.8 Å². The van der Waals surface area contributed by atoms with E-state index in [1.165, 1.54) is 0 Å². The third kappa shape index (κ3) is 2.61. The Kier molecular flexibility index (Phi) is 3.24. The van der Waals surface area contributed by atoms with E-state index in [0.717, 1.165) is 25.1 Å². The molecule has 0 spiro atoms. The molecular weight excluding hydrogens is 206 g/mol. The van der Waals surface area contributed by atoms with E-state index in [4.69, 9.17) is 9.84 Å². The van der Waals surface area contributed by atoms with E-state index in [-0.39, 0.29) is 6.10 Å². The lowest BCUT2D eigenvalue weighted by Crippen LogP contribution is -2.33. The van der Waals surface area contributed by atoms with E-state index in [1.54, 1.807) is 13.2 Å². The zero-order valence-corrected chi connectivity index (χ0v) is 9.60. The summed E-state index contributed by atoms with van der Waals surface area (Å²) < 4.78 is 5.07. The van der Waals surface area contributed by atoms with Gasteiger partial charge in [0.2, 0.25) is 11.8 Å². The van der Waals surface area contributed by atoms with E-state index < -0.39 is 0 Å². The molecule has 5 heteroatoms. The highest BCUT2D eigenvalue weighted by Crippen LogP contribution is 2.27. The number of ether oxygens (including phenoxy) is 1. The minimum atomic E-state index is -0.111. The number of rotatable bonds is 4. The maximum absolute atomic E-state index is 9.16. The minimum Gasteiger partial charge on any atom is -0.481 e. The van der Waals surface area contributed by atoms with Crippen LogP contribution in [0.4, 0.5) is 5.95 Å². The quantitative estimate of drug-likeness (QED) is 0.796. The summed E-state index contributed by atoms with van der Waals surface area (Å²) in [5, 5.41) is 12.3. The minimum absolute atomic E-state index is 0.111. The van der Waals surface area contributed by atoms with Crippen molar-refractivity contribution in [3.8, 4) is 5.88 Å². The summed E-state index contributed by atoms with van der Waals surface area (Å²) >= 11 is 0. The van der Waals surface area contributed by atoms with Crippen LogP contribution in [-0.4, -0.2) is 34.8 Å². The Bertz CT molecular complexity index is 364. The normalized spacial score (nSPS) is 23.7. The lowest BCUT2D eigenvalue weighted by Gasteiger charge is -2.31. The molecule has 1 aliphatic rings. The SMILES string of the molecule is COc1cc(C)nc(NCC2CC(O)C2)n1. The van der Waals surface area contributed by atoms with Gasteiger partial charge in [0, 0.05) is 18.3 Å². The van der Waals surface area contributed by atoms with Crippen molar-refractivity contribution in [1.29, 1.82) is 0 Å². The Balaban J connectivity index is 1.90. The molecule has 2 N–H and O–H groups in total. The predicted octanol–water partition coefficient (Wildman–Crippen LogP) is 0.976. The van der Waals surface area contributed by atoms with Gasteiger partial charge in [-0.05, 0) is 25.7 Å². The van der Waals surface area contributed by atoms with Gasteiger partial charge in [-0.15, -0.1) is 0 Å². The molecule has 0 aliphatic heterocycles. The summed E-state index contributed by atoms with van der Waals surface area (Å²) in [4.78, 5) is 8.46. The van der Waals surface area contributed by atoms with Crippen LogP contribution < -0.4 is 10.1 Å². The van der Waals surface area contributed by atoms with Crippen molar-refractivity contribution < 1.29 is 9.84 Å². The lowest BCUT2D eigenvalue weighted by atomic mass is 9.82. The number of nitrogens with zero attached hydrogens (tertiary/aromatic N) is 2. The molecule has 1 aromatic rings. The number of anilines is 1. The van der Waals surface area contributed by atoms with Crippen LogP contribution in [-0.2, 0) is 0 Å². The Morgan fingerprint density at radius 2 is 2.25 bits per heavy atom. The number of methoxy groups -OCH3 is 1. The van der Waals surface area contributed by atoms with Crippen molar-refractivity contribution >= 4 is 5.95 Å². The Morgan fingerprint density at radius 1 is 1.50 bits per heavy atom. The third-order valence-corrected chi connectivity index (χ3v) is 2.80. The molecular formula is C11H17N3O2. The fourth-order valence-corrected chi connectivity index (χ4v) is 1.83. The molecule has 1 aromatic heterocycles. The van der Waals surface area contributed by atoms with Crippen LogP contribution in [0.1, 0.15) is 18.5 Å². The molecule has 1 saturated carbocycles. The van der Waals surface area contributed by atoms with E-state index >= 15 is 0 Å². The second-order valence-corrected chi connectivity index (χ2v) is 4.25. The van der Waals surface area contributed by atoms with Crippen LogP contribution in [0, 0.1) is 12.8 Å². The first-order chi connectivity index (χ1) is 7.67. The number of hydrogen-bond donors (Lipinski definition) is 2. The number of aliphatic hydroxyl groups is 1. The maximum Gasteiger partial charge on any atom is 0.226 e. The molecule has 16 heavy (non-hydrogen) atoms. The Morgan fingerprint density at radius 3 is 2.88 bits per heavy atom. The van der Waals surface area contributed by atoms with Crippen LogP contribution in [0.2, 0.25) is 0 Å². The summed E-state index contributed by atoms with van der Waals surface area (Å²) in [7, 11) is 1.59. The number of hydrogen-bond acceptors (Lipinski definition) is 5. The smallest absolute Gasteiger partial charge is 0.226 e. The fraction of sp³-hybridized carbons (Fsp3) is 0.636. The first-order valence-electron chi connectivity index (χ1n) is 5.49. The summed E-state index contributed by atoms with van der Waals surface area (Å²) in [6.07, 6.45) is 1.63. The van der Waals surface area contributed by atoms with Crippen molar-refractivity contribution in [1.82, 2.24) is 9.97 Å². The number of aryl methyl sites for hydroxylation is 1. The topological polar surface area (TPSA) is 67.3 Å². The van der Waals surface area contributed by atoms with Gasteiger partial charge in [0.15, 0.2) is 0 Å². The second-order valence-electron chi connectivity index (χ2n) is 4.25. The van der Waals surface area contributed by atoms with Gasteiger partial charge >= 0.3 is 0 Å². The van der Waals surface area contributed by atoms with Crippen molar-refractivity contribution in [2.75, 3.05) is 19.0 Å². The standard InChI is InChI=1S/C11H17N3O2/c1-7-3-10(16-2)14-11(13-7)12-6-8-4-9(15)5-8/h3,8-9,15H,4-6H2,1-2H3,(H,12,13,14). The second kappa shape index (κ2) is 4.65. The average molecular weight is 223 g/mol. The molecule has 88 valence electrons. The van der Waals surface area contributed by atoms with E-state index in [2.05, 4.69) is 15.3 Å². The van der Waals surface area contributed by atoms with Crippen molar-refractivity contribution in [3.63, 3.8) is 0 Å². The zero-order valence-electron chi connectivity index (χ0n) is 9.60.